The predicted octanol–water partition coefficient (Wildman–Crippen LogP) is 4.37. The van der Waals surface area contributed by atoms with Crippen LogP contribution in [-0.2, 0) is 17.2 Å². The topological polar surface area (TPSA) is 67.9 Å². The Morgan fingerprint density at radius 1 is 1.14 bits per heavy atom. The molecule has 3 aromatic rings. The molecule has 1 saturated heterocycles. The number of aromatic nitrogens is 2. The highest BCUT2D eigenvalue weighted by Gasteiger charge is 2.34. The van der Waals surface area contributed by atoms with Crippen molar-refractivity contribution in [1.29, 1.82) is 5.26 Å². The number of nitriles is 1. The maximum Gasteiger partial charge on any atom is 0.211 e. The van der Waals surface area contributed by atoms with E-state index >= 15 is 0 Å². The number of rotatable bonds is 5. The summed E-state index contributed by atoms with van der Waals surface area (Å²) in [5, 5.41) is 13.9. The minimum Gasteiger partial charge on any atom is -0.381 e. The molecule has 2 aromatic carbocycles. The van der Waals surface area contributed by atoms with Crippen molar-refractivity contribution in [1.82, 2.24) is 9.78 Å². The van der Waals surface area contributed by atoms with Crippen LogP contribution in [0.1, 0.15) is 34.5 Å². The van der Waals surface area contributed by atoms with Crippen LogP contribution in [0.15, 0.2) is 70.6 Å². The number of benzene rings is 2. The summed E-state index contributed by atoms with van der Waals surface area (Å²) in [6, 6.07) is 20.0. The van der Waals surface area contributed by atoms with Crippen molar-refractivity contribution in [2.45, 2.75) is 28.0 Å². The van der Waals surface area contributed by atoms with Gasteiger partial charge < -0.3 is 4.74 Å². The second-order valence-electron chi connectivity index (χ2n) is 7.13. The van der Waals surface area contributed by atoms with Crippen molar-refractivity contribution in [3.63, 3.8) is 0 Å². The Labute approximate surface area is 174 Å². The smallest absolute Gasteiger partial charge is 0.211 e. The number of carbonyl (C=O) groups excluding carboxylic acids is 1. The van der Waals surface area contributed by atoms with Gasteiger partial charge in [-0.15, -0.1) is 0 Å². The van der Waals surface area contributed by atoms with E-state index in [2.05, 4.69) is 17.2 Å². The summed E-state index contributed by atoms with van der Waals surface area (Å²) in [6.07, 6.45) is 3.07. The summed E-state index contributed by atoms with van der Waals surface area (Å²) in [5.74, 6) is -0.0426. The first-order chi connectivity index (χ1) is 14.1. The molecule has 1 aromatic heterocycles. The lowest BCUT2D eigenvalue weighted by molar-refractivity contribution is 0.0675. The highest BCUT2D eigenvalue weighted by atomic mass is 32.2. The normalized spacial score (nSPS) is 15.6. The molecule has 5 nitrogen and oxygen atoms in total. The third-order valence-electron chi connectivity index (χ3n) is 5.35. The van der Waals surface area contributed by atoms with E-state index in [1.54, 1.807) is 35.8 Å². The quantitative estimate of drug-likeness (QED) is 0.592. The number of hydrogen-bond acceptors (Lipinski definition) is 5. The molecule has 0 unspecified atom stereocenters. The van der Waals surface area contributed by atoms with E-state index in [4.69, 9.17) is 4.74 Å². The third kappa shape index (κ3) is 3.98. The van der Waals surface area contributed by atoms with Crippen molar-refractivity contribution in [2.24, 2.45) is 7.05 Å². The molecule has 29 heavy (non-hydrogen) atoms. The van der Waals surface area contributed by atoms with Crippen LogP contribution in [0.2, 0.25) is 0 Å². The first-order valence-electron chi connectivity index (χ1n) is 9.51. The van der Waals surface area contributed by atoms with Gasteiger partial charge in [0.1, 0.15) is 5.69 Å². The molecule has 0 radical (unpaired) electrons. The summed E-state index contributed by atoms with van der Waals surface area (Å²) < 4.78 is 7.03. The molecule has 0 saturated carbocycles. The fourth-order valence-electron chi connectivity index (χ4n) is 3.60. The average Bonchev–Trinajstić information content (AvgIpc) is 3.20. The Balaban J connectivity index is 1.52. The molecule has 1 aliphatic rings. The minimum absolute atomic E-state index is 0.0426. The van der Waals surface area contributed by atoms with Gasteiger partial charge >= 0.3 is 0 Å². The molecular weight excluding hydrogens is 382 g/mol. The summed E-state index contributed by atoms with van der Waals surface area (Å²) in [4.78, 5) is 14.7. The summed E-state index contributed by atoms with van der Waals surface area (Å²) in [5.41, 5.74) is 1.79. The Morgan fingerprint density at radius 3 is 2.55 bits per heavy atom. The molecule has 0 aliphatic carbocycles. The maximum atomic E-state index is 12.6. The zero-order valence-corrected chi connectivity index (χ0v) is 17.0. The lowest BCUT2D eigenvalue weighted by Crippen LogP contribution is -2.32. The van der Waals surface area contributed by atoms with Crippen LogP contribution in [0.4, 0.5) is 0 Å². The van der Waals surface area contributed by atoms with Crippen LogP contribution in [0.25, 0.3) is 0 Å². The molecule has 0 spiro atoms. The SMILES string of the molecule is Cn1nccc1C(=O)c1ccc(Sc2cccc(C3(C#N)CCOCC3)c2)cc1. The Morgan fingerprint density at radius 2 is 1.90 bits per heavy atom. The predicted molar refractivity (Wildman–Crippen MR) is 111 cm³/mol. The maximum absolute atomic E-state index is 12.6. The van der Waals surface area contributed by atoms with E-state index in [9.17, 15) is 10.1 Å². The molecule has 146 valence electrons. The number of carbonyl (C=O) groups is 1. The van der Waals surface area contributed by atoms with E-state index in [0.29, 0.717) is 24.5 Å². The van der Waals surface area contributed by atoms with Crippen molar-refractivity contribution in [3.05, 3.63) is 77.6 Å². The van der Waals surface area contributed by atoms with E-state index in [1.165, 1.54) is 0 Å². The fraction of sp³-hybridized carbons (Fsp3) is 0.261. The molecule has 0 bridgehead atoms. The fourth-order valence-corrected chi connectivity index (χ4v) is 4.47. The van der Waals surface area contributed by atoms with Crippen molar-refractivity contribution in [2.75, 3.05) is 13.2 Å². The summed E-state index contributed by atoms with van der Waals surface area (Å²) >= 11 is 1.63. The number of ether oxygens (including phenoxy) is 1. The van der Waals surface area contributed by atoms with Gasteiger partial charge in [-0.05, 0) is 60.9 Å². The summed E-state index contributed by atoms with van der Waals surface area (Å²) in [7, 11) is 1.76. The van der Waals surface area contributed by atoms with Crippen LogP contribution >= 0.6 is 11.8 Å². The molecular formula is C23H21N3O2S. The van der Waals surface area contributed by atoms with E-state index in [-0.39, 0.29) is 5.78 Å². The lowest BCUT2D eigenvalue weighted by Gasteiger charge is -2.31. The monoisotopic (exact) mass is 403 g/mol. The van der Waals surface area contributed by atoms with Gasteiger partial charge in [-0.1, -0.05) is 23.9 Å². The Kier molecular flexibility index (Phi) is 5.52. The van der Waals surface area contributed by atoms with Crippen LogP contribution in [-0.4, -0.2) is 28.8 Å². The first kappa shape index (κ1) is 19.4. The zero-order chi connectivity index (χ0) is 20.3. The van der Waals surface area contributed by atoms with E-state index in [1.807, 2.05) is 42.5 Å². The van der Waals surface area contributed by atoms with Crippen molar-refractivity contribution in [3.8, 4) is 6.07 Å². The van der Waals surface area contributed by atoms with Gasteiger partial charge in [0.15, 0.2) is 0 Å². The second-order valence-corrected chi connectivity index (χ2v) is 8.28. The second kappa shape index (κ2) is 8.24. The Hall–Kier alpha value is -2.88. The average molecular weight is 404 g/mol. The number of nitrogens with zero attached hydrogens (tertiary/aromatic N) is 3. The molecule has 4 rings (SSSR count). The van der Waals surface area contributed by atoms with E-state index < -0.39 is 5.41 Å². The van der Waals surface area contributed by atoms with Gasteiger partial charge in [0.2, 0.25) is 5.78 Å². The van der Waals surface area contributed by atoms with Crippen LogP contribution in [0.3, 0.4) is 0 Å². The molecule has 0 atom stereocenters. The van der Waals surface area contributed by atoms with Gasteiger partial charge in [0.25, 0.3) is 0 Å². The van der Waals surface area contributed by atoms with Crippen LogP contribution in [0, 0.1) is 11.3 Å². The molecule has 2 heterocycles. The standard InChI is InChI=1S/C23H21N3O2S/c1-26-21(9-12-25-26)22(27)17-5-7-19(8-6-17)29-20-4-2-3-18(15-20)23(16-24)10-13-28-14-11-23/h2-9,12,15H,10-11,13-14H2,1H3. The Bertz CT molecular complexity index is 1060. The number of ketones is 1. The van der Waals surface area contributed by atoms with Gasteiger partial charge in [0, 0.05) is 41.8 Å². The number of hydrogen-bond donors (Lipinski definition) is 0. The van der Waals surface area contributed by atoms with Crippen LogP contribution in [0.5, 0.6) is 0 Å². The zero-order valence-electron chi connectivity index (χ0n) is 16.2. The molecule has 6 heteroatoms. The van der Waals surface area contributed by atoms with Gasteiger partial charge in [-0.3, -0.25) is 9.48 Å². The largest absolute Gasteiger partial charge is 0.381 e. The summed E-state index contributed by atoms with van der Waals surface area (Å²) in [6.45, 7) is 1.24. The van der Waals surface area contributed by atoms with Crippen molar-refractivity contribution >= 4 is 17.5 Å². The lowest BCUT2D eigenvalue weighted by atomic mass is 9.75. The highest BCUT2D eigenvalue weighted by Crippen LogP contribution is 2.37. The van der Waals surface area contributed by atoms with Gasteiger partial charge in [0.05, 0.1) is 11.5 Å². The van der Waals surface area contributed by atoms with Crippen molar-refractivity contribution < 1.29 is 9.53 Å². The molecule has 1 fully saturated rings. The molecule has 1 aliphatic heterocycles. The van der Waals surface area contributed by atoms with Gasteiger partial charge in [-0.2, -0.15) is 10.4 Å². The minimum atomic E-state index is -0.464. The molecule has 0 amide bonds. The third-order valence-corrected chi connectivity index (χ3v) is 6.35. The number of aryl methyl sites for hydroxylation is 1. The van der Waals surface area contributed by atoms with E-state index in [0.717, 1.165) is 28.2 Å². The van der Waals surface area contributed by atoms with Gasteiger partial charge in [-0.25, -0.2) is 0 Å². The molecule has 0 N–H and O–H groups in total. The first-order valence-corrected chi connectivity index (χ1v) is 10.3. The highest BCUT2D eigenvalue weighted by molar-refractivity contribution is 7.99. The van der Waals surface area contributed by atoms with Crippen LogP contribution < -0.4 is 0 Å².